The number of nitrogens with zero attached hydrogens (tertiary/aromatic N) is 3. The Bertz CT molecular complexity index is 549. The Morgan fingerprint density at radius 1 is 1.44 bits per heavy atom. The molecule has 0 radical (unpaired) electrons. The van der Waals surface area contributed by atoms with Crippen molar-refractivity contribution in [1.82, 2.24) is 5.48 Å². The molecule has 0 aromatic rings. The summed E-state index contributed by atoms with van der Waals surface area (Å²) in [4.78, 5) is 7.99. The first kappa shape index (κ1) is 19.9. The van der Waals surface area contributed by atoms with Gasteiger partial charge in [-0.25, -0.2) is 0 Å². The molecule has 1 heterocycles. The van der Waals surface area contributed by atoms with Gasteiger partial charge < -0.3 is 20.1 Å². The van der Waals surface area contributed by atoms with E-state index in [4.69, 9.17) is 15.1 Å². The van der Waals surface area contributed by atoms with E-state index in [1.54, 1.807) is 0 Å². The molecule has 0 aromatic carbocycles. The van der Waals surface area contributed by atoms with Gasteiger partial charge in [0.15, 0.2) is 6.23 Å². The number of allylic oxidation sites excluding steroid dienone is 2. The van der Waals surface area contributed by atoms with Crippen LogP contribution in [0.2, 0.25) is 0 Å². The number of hydrogen-bond acceptors (Lipinski definition) is 7. The van der Waals surface area contributed by atoms with E-state index in [1.165, 1.54) is 5.57 Å². The fourth-order valence-corrected chi connectivity index (χ4v) is 3.00. The van der Waals surface area contributed by atoms with Crippen molar-refractivity contribution in [2.45, 2.75) is 56.8 Å². The van der Waals surface area contributed by atoms with Crippen LogP contribution in [0.25, 0.3) is 10.4 Å². The lowest BCUT2D eigenvalue weighted by atomic mass is 9.86. The summed E-state index contributed by atoms with van der Waals surface area (Å²) in [7, 11) is 0. The van der Waals surface area contributed by atoms with Gasteiger partial charge in [0.25, 0.3) is 0 Å². The van der Waals surface area contributed by atoms with Gasteiger partial charge in [-0.05, 0) is 43.2 Å². The molecule has 0 spiro atoms. The third-order valence-corrected chi connectivity index (χ3v) is 4.70. The minimum atomic E-state index is -1.43. The molecule has 0 bridgehead atoms. The van der Waals surface area contributed by atoms with E-state index < -0.39 is 30.6 Å². The van der Waals surface area contributed by atoms with Gasteiger partial charge >= 0.3 is 0 Å². The zero-order valence-electron chi connectivity index (χ0n) is 14.3. The summed E-state index contributed by atoms with van der Waals surface area (Å²) >= 11 is 0. The number of azide groups is 1. The van der Waals surface area contributed by atoms with Crippen molar-refractivity contribution in [3.8, 4) is 0 Å². The second-order valence-electron chi connectivity index (χ2n) is 6.57. The van der Waals surface area contributed by atoms with Gasteiger partial charge in [0, 0.05) is 4.91 Å². The molecular formula is C16H26N4O5. The number of aliphatic hydroxyl groups excluding tert-OH is 3. The molecule has 140 valence electrons. The van der Waals surface area contributed by atoms with Gasteiger partial charge in [-0.3, -0.25) is 4.84 Å². The van der Waals surface area contributed by atoms with Crippen LogP contribution in [0.5, 0.6) is 0 Å². The summed E-state index contributed by atoms with van der Waals surface area (Å²) in [5.74, 6) is 0.512. The molecule has 0 saturated carbocycles. The number of rotatable bonds is 7. The molecule has 9 heteroatoms. The van der Waals surface area contributed by atoms with E-state index in [-0.39, 0.29) is 6.54 Å². The van der Waals surface area contributed by atoms with Gasteiger partial charge in [0.05, 0.1) is 19.3 Å². The largest absolute Gasteiger partial charge is 0.388 e. The van der Waals surface area contributed by atoms with Gasteiger partial charge in [0.2, 0.25) is 0 Å². The lowest BCUT2D eigenvalue weighted by Gasteiger charge is -2.40. The lowest BCUT2D eigenvalue weighted by molar-refractivity contribution is -0.252. The fraction of sp³-hybridized carbons (Fsp3) is 0.750. The SMILES string of the molecule is C=C(C)[C@@H]1CC=C(CON[C@@H]2O[C@H](CN=[N+]=[N-])[C@@H](O)[C@H](O)[C@H]2O)CC1. The first-order valence-corrected chi connectivity index (χ1v) is 8.35. The van der Waals surface area contributed by atoms with Gasteiger partial charge in [-0.15, -0.1) is 0 Å². The molecule has 1 aliphatic heterocycles. The topological polar surface area (TPSA) is 140 Å². The smallest absolute Gasteiger partial charge is 0.159 e. The summed E-state index contributed by atoms with van der Waals surface area (Å²) < 4.78 is 5.43. The van der Waals surface area contributed by atoms with Crippen molar-refractivity contribution in [1.29, 1.82) is 0 Å². The summed E-state index contributed by atoms with van der Waals surface area (Å²) in [6, 6.07) is 0. The maximum absolute atomic E-state index is 9.98. The highest BCUT2D eigenvalue weighted by molar-refractivity contribution is 5.12. The standard InChI is InChI=1S/C16H26N4O5/c1-9(2)11-5-3-10(4-6-11)8-24-19-16-15(23)14(22)13(21)12(25-16)7-18-20-17/h3,11-16,19,21-23H,1,4-8H2,2H3/t11-,12-,13-,14+,15-,16-/m1/s1. The van der Waals surface area contributed by atoms with E-state index >= 15 is 0 Å². The Labute approximate surface area is 146 Å². The third-order valence-electron chi connectivity index (χ3n) is 4.70. The Morgan fingerprint density at radius 2 is 2.20 bits per heavy atom. The van der Waals surface area contributed by atoms with Gasteiger partial charge in [-0.2, -0.15) is 5.48 Å². The van der Waals surface area contributed by atoms with Crippen LogP contribution >= 0.6 is 0 Å². The highest BCUT2D eigenvalue weighted by atomic mass is 16.7. The molecule has 1 aliphatic carbocycles. The maximum Gasteiger partial charge on any atom is 0.159 e. The van der Waals surface area contributed by atoms with Gasteiger partial charge in [-0.1, -0.05) is 23.3 Å². The summed E-state index contributed by atoms with van der Waals surface area (Å²) in [5.41, 5.74) is 13.3. The minimum absolute atomic E-state index is 0.160. The van der Waals surface area contributed by atoms with Crippen LogP contribution in [-0.2, 0) is 9.57 Å². The van der Waals surface area contributed by atoms with Crippen LogP contribution in [0.3, 0.4) is 0 Å². The van der Waals surface area contributed by atoms with Crippen LogP contribution in [0.4, 0.5) is 0 Å². The summed E-state index contributed by atoms with van der Waals surface area (Å²) in [6.07, 6.45) is -1.10. The van der Waals surface area contributed by atoms with E-state index in [9.17, 15) is 15.3 Å². The maximum atomic E-state index is 9.98. The summed E-state index contributed by atoms with van der Waals surface area (Å²) in [6.45, 7) is 6.19. The predicted octanol–water partition coefficient (Wildman–Crippen LogP) is 0.928. The Morgan fingerprint density at radius 3 is 2.80 bits per heavy atom. The van der Waals surface area contributed by atoms with E-state index in [2.05, 4.69) is 28.2 Å². The molecule has 2 aliphatic rings. The number of ether oxygens (including phenoxy) is 1. The van der Waals surface area contributed by atoms with E-state index in [0.717, 1.165) is 24.8 Å². The van der Waals surface area contributed by atoms with Crippen molar-refractivity contribution in [2.24, 2.45) is 11.0 Å². The number of hydroxylamine groups is 1. The molecule has 1 saturated heterocycles. The van der Waals surface area contributed by atoms with Crippen molar-refractivity contribution >= 4 is 0 Å². The number of hydrogen-bond donors (Lipinski definition) is 4. The quantitative estimate of drug-likeness (QED) is 0.176. The summed E-state index contributed by atoms with van der Waals surface area (Å²) in [5, 5.41) is 33.0. The molecule has 25 heavy (non-hydrogen) atoms. The Kier molecular flexibility index (Phi) is 7.39. The molecule has 6 atom stereocenters. The molecule has 0 unspecified atom stereocenters. The van der Waals surface area contributed by atoms with Crippen LogP contribution in [-0.4, -0.2) is 59.1 Å². The Balaban J connectivity index is 1.83. The van der Waals surface area contributed by atoms with Crippen molar-refractivity contribution < 1.29 is 24.9 Å². The predicted molar refractivity (Wildman–Crippen MR) is 90.0 cm³/mol. The third kappa shape index (κ3) is 5.26. The van der Waals surface area contributed by atoms with Crippen molar-refractivity contribution in [3.05, 3.63) is 34.2 Å². The lowest BCUT2D eigenvalue weighted by Crippen LogP contribution is -2.62. The van der Waals surface area contributed by atoms with Crippen LogP contribution < -0.4 is 5.48 Å². The first-order valence-electron chi connectivity index (χ1n) is 8.35. The molecular weight excluding hydrogens is 328 g/mol. The monoisotopic (exact) mass is 354 g/mol. The second-order valence-corrected chi connectivity index (χ2v) is 6.57. The average molecular weight is 354 g/mol. The zero-order valence-corrected chi connectivity index (χ0v) is 14.3. The molecule has 1 fully saturated rings. The van der Waals surface area contributed by atoms with Crippen molar-refractivity contribution in [2.75, 3.05) is 13.2 Å². The molecule has 0 aromatic heterocycles. The fourth-order valence-electron chi connectivity index (χ4n) is 3.00. The highest BCUT2D eigenvalue weighted by Gasteiger charge is 2.43. The Hall–Kier alpha value is -1.45. The molecule has 2 rings (SSSR count). The van der Waals surface area contributed by atoms with Gasteiger partial charge in [0.1, 0.15) is 18.3 Å². The second kappa shape index (κ2) is 9.30. The van der Waals surface area contributed by atoms with Crippen LogP contribution in [0, 0.1) is 5.92 Å². The minimum Gasteiger partial charge on any atom is -0.388 e. The number of aliphatic hydroxyl groups is 3. The van der Waals surface area contributed by atoms with E-state index in [1.807, 2.05) is 6.92 Å². The molecule has 4 N–H and O–H groups in total. The van der Waals surface area contributed by atoms with Crippen LogP contribution in [0.1, 0.15) is 26.2 Å². The average Bonchev–Trinajstić information content (AvgIpc) is 2.61. The van der Waals surface area contributed by atoms with Crippen molar-refractivity contribution in [3.63, 3.8) is 0 Å². The first-order chi connectivity index (χ1) is 11.9. The zero-order chi connectivity index (χ0) is 18.4. The highest BCUT2D eigenvalue weighted by Crippen LogP contribution is 2.28. The molecule has 9 nitrogen and oxygen atoms in total. The number of nitrogens with one attached hydrogen (secondary N) is 1. The van der Waals surface area contributed by atoms with Crippen LogP contribution in [0.15, 0.2) is 28.9 Å². The molecule has 0 amide bonds. The van der Waals surface area contributed by atoms with E-state index in [0.29, 0.717) is 12.5 Å². The normalized spacial score (nSPS) is 35.6.